The highest BCUT2D eigenvalue weighted by molar-refractivity contribution is 9.10. The third kappa shape index (κ3) is 3.21. The second-order valence-corrected chi connectivity index (χ2v) is 3.96. The molecular formula is C10H13BrN2O2. The van der Waals surface area contributed by atoms with E-state index in [9.17, 15) is 4.79 Å². The third-order valence-corrected chi connectivity index (χ3v) is 2.68. The molecule has 1 aromatic carbocycles. The Morgan fingerprint density at radius 3 is 2.80 bits per heavy atom. The lowest BCUT2D eigenvalue weighted by Gasteiger charge is -2.11. The van der Waals surface area contributed by atoms with E-state index in [2.05, 4.69) is 21.2 Å². The largest absolute Gasteiger partial charge is 0.398 e. The van der Waals surface area contributed by atoms with Gasteiger partial charge in [-0.05, 0) is 41.1 Å². The molecule has 0 spiro atoms. The molecule has 0 saturated heterocycles. The number of amides is 1. The van der Waals surface area contributed by atoms with Crippen LogP contribution in [-0.2, 0) is 9.53 Å². The highest BCUT2D eigenvalue weighted by Gasteiger charge is 2.11. The summed E-state index contributed by atoms with van der Waals surface area (Å²) >= 11 is 3.28. The molecule has 0 saturated carbocycles. The molecule has 0 radical (unpaired) electrons. The molecule has 0 heterocycles. The van der Waals surface area contributed by atoms with Crippen molar-refractivity contribution in [1.82, 2.24) is 0 Å². The van der Waals surface area contributed by atoms with Crippen LogP contribution < -0.4 is 11.1 Å². The monoisotopic (exact) mass is 272 g/mol. The van der Waals surface area contributed by atoms with Gasteiger partial charge < -0.3 is 15.8 Å². The van der Waals surface area contributed by atoms with Crippen LogP contribution in [0.25, 0.3) is 0 Å². The minimum absolute atomic E-state index is 0.186. The van der Waals surface area contributed by atoms with Gasteiger partial charge in [0, 0.05) is 23.0 Å². The van der Waals surface area contributed by atoms with Gasteiger partial charge in [-0.2, -0.15) is 0 Å². The van der Waals surface area contributed by atoms with Crippen LogP contribution in [0.1, 0.15) is 6.92 Å². The SMILES string of the molecule is COC(C)C(=O)Nc1ccc(N)c(Br)c1. The van der Waals surface area contributed by atoms with Crippen molar-refractivity contribution in [3.05, 3.63) is 22.7 Å². The molecular weight excluding hydrogens is 260 g/mol. The Kier molecular flexibility index (Phi) is 4.11. The first-order valence-electron chi connectivity index (χ1n) is 4.43. The van der Waals surface area contributed by atoms with Crippen molar-refractivity contribution in [2.75, 3.05) is 18.2 Å². The minimum atomic E-state index is -0.471. The van der Waals surface area contributed by atoms with Gasteiger partial charge >= 0.3 is 0 Å². The van der Waals surface area contributed by atoms with Crippen molar-refractivity contribution in [3.8, 4) is 0 Å². The number of nitrogens with two attached hydrogens (primary N) is 1. The number of halogens is 1. The molecule has 15 heavy (non-hydrogen) atoms. The Hall–Kier alpha value is -1.07. The predicted molar refractivity (Wildman–Crippen MR) is 63.7 cm³/mol. The number of carbonyl (C=O) groups excluding carboxylic acids is 1. The van der Waals surface area contributed by atoms with Crippen LogP contribution in [-0.4, -0.2) is 19.1 Å². The number of anilines is 2. The van der Waals surface area contributed by atoms with Crippen LogP contribution in [0, 0.1) is 0 Å². The minimum Gasteiger partial charge on any atom is -0.398 e. The summed E-state index contributed by atoms with van der Waals surface area (Å²) in [6.07, 6.45) is -0.471. The van der Waals surface area contributed by atoms with E-state index in [0.29, 0.717) is 11.4 Å². The van der Waals surface area contributed by atoms with Gasteiger partial charge in [0.15, 0.2) is 0 Å². The number of methoxy groups -OCH3 is 1. The summed E-state index contributed by atoms with van der Waals surface area (Å²) in [6.45, 7) is 1.68. The maximum Gasteiger partial charge on any atom is 0.253 e. The quantitative estimate of drug-likeness (QED) is 0.828. The van der Waals surface area contributed by atoms with Crippen molar-refractivity contribution in [1.29, 1.82) is 0 Å². The van der Waals surface area contributed by atoms with Crippen molar-refractivity contribution < 1.29 is 9.53 Å². The Bertz CT molecular complexity index is 368. The average Bonchev–Trinajstić information content (AvgIpc) is 2.22. The zero-order chi connectivity index (χ0) is 11.4. The Morgan fingerprint density at radius 2 is 2.27 bits per heavy atom. The van der Waals surface area contributed by atoms with Gasteiger partial charge in [-0.1, -0.05) is 0 Å². The maximum absolute atomic E-state index is 11.5. The van der Waals surface area contributed by atoms with Crippen LogP contribution >= 0.6 is 15.9 Å². The molecule has 0 fully saturated rings. The summed E-state index contributed by atoms with van der Waals surface area (Å²) in [5, 5.41) is 2.71. The molecule has 1 rings (SSSR count). The number of nitrogen functional groups attached to an aromatic ring is 1. The molecule has 1 unspecified atom stereocenters. The summed E-state index contributed by atoms with van der Waals surface area (Å²) in [5.41, 5.74) is 6.94. The molecule has 4 nitrogen and oxygen atoms in total. The van der Waals surface area contributed by atoms with Crippen molar-refractivity contribution >= 4 is 33.2 Å². The number of benzene rings is 1. The van der Waals surface area contributed by atoms with Gasteiger partial charge in [-0.3, -0.25) is 4.79 Å². The van der Waals surface area contributed by atoms with E-state index in [1.165, 1.54) is 7.11 Å². The molecule has 1 atom stereocenters. The molecule has 0 aliphatic carbocycles. The predicted octanol–water partition coefficient (Wildman–Crippen LogP) is 2.00. The average molecular weight is 273 g/mol. The van der Waals surface area contributed by atoms with E-state index in [1.54, 1.807) is 25.1 Å². The smallest absolute Gasteiger partial charge is 0.253 e. The molecule has 1 amide bonds. The van der Waals surface area contributed by atoms with E-state index < -0.39 is 6.10 Å². The fourth-order valence-corrected chi connectivity index (χ4v) is 1.33. The standard InChI is InChI=1S/C10H13BrN2O2/c1-6(15-2)10(14)13-7-3-4-9(12)8(11)5-7/h3-6H,12H2,1-2H3,(H,13,14). The van der Waals surface area contributed by atoms with Crippen LogP contribution in [0.3, 0.4) is 0 Å². The van der Waals surface area contributed by atoms with Gasteiger partial charge in [0.1, 0.15) is 6.10 Å². The highest BCUT2D eigenvalue weighted by Crippen LogP contribution is 2.23. The molecule has 1 aromatic rings. The first-order chi connectivity index (χ1) is 7.04. The van der Waals surface area contributed by atoms with Crippen LogP contribution in [0.4, 0.5) is 11.4 Å². The van der Waals surface area contributed by atoms with E-state index in [-0.39, 0.29) is 5.91 Å². The second kappa shape index (κ2) is 5.14. The van der Waals surface area contributed by atoms with Crippen LogP contribution in [0.2, 0.25) is 0 Å². The van der Waals surface area contributed by atoms with Gasteiger partial charge in [0.05, 0.1) is 0 Å². The zero-order valence-corrected chi connectivity index (χ0v) is 10.2. The molecule has 0 aliphatic rings. The number of carbonyl (C=O) groups is 1. The summed E-state index contributed by atoms with van der Waals surface area (Å²) in [7, 11) is 1.49. The Morgan fingerprint density at radius 1 is 1.60 bits per heavy atom. The van der Waals surface area contributed by atoms with Crippen molar-refractivity contribution in [2.45, 2.75) is 13.0 Å². The van der Waals surface area contributed by atoms with Crippen molar-refractivity contribution in [2.24, 2.45) is 0 Å². The Balaban J connectivity index is 2.73. The van der Waals surface area contributed by atoms with Crippen molar-refractivity contribution in [3.63, 3.8) is 0 Å². The molecule has 0 aliphatic heterocycles. The first kappa shape index (κ1) is 12.0. The van der Waals surface area contributed by atoms with Crippen LogP contribution in [0.5, 0.6) is 0 Å². The summed E-state index contributed by atoms with van der Waals surface area (Å²) < 4.78 is 5.64. The molecule has 0 bridgehead atoms. The maximum atomic E-state index is 11.5. The zero-order valence-electron chi connectivity index (χ0n) is 8.58. The molecule has 3 N–H and O–H groups in total. The Labute approximate surface area is 96.9 Å². The van der Waals surface area contributed by atoms with Gasteiger partial charge in [0.25, 0.3) is 5.91 Å². The number of ether oxygens (including phenoxy) is 1. The molecule has 5 heteroatoms. The van der Waals surface area contributed by atoms with E-state index in [0.717, 1.165) is 4.47 Å². The van der Waals surface area contributed by atoms with Gasteiger partial charge in [0.2, 0.25) is 0 Å². The normalized spacial score (nSPS) is 12.2. The van der Waals surface area contributed by atoms with Gasteiger partial charge in [-0.15, -0.1) is 0 Å². The number of nitrogens with one attached hydrogen (secondary N) is 1. The van der Waals surface area contributed by atoms with E-state index in [4.69, 9.17) is 10.5 Å². The molecule has 0 aromatic heterocycles. The number of hydrogen-bond acceptors (Lipinski definition) is 3. The first-order valence-corrected chi connectivity index (χ1v) is 5.22. The molecule has 82 valence electrons. The second-order valence-electron chi connectivity index (χ2n) is 3.10. The summed E-state index contributed by atoms with van der Waals surface area (Å²) in [5.74, 6) is -0.186. The van der Waals surface area contributed by atoms with E-state index in [1.807, 2.05) is 0 Å². The lowest BCUT2D eigenvalue weighted by Crippen LogP contribution is -2.26. The fourth-order valence-electron chi connectivity index (χ4n) is 0.956. The third-order valence-electron chi connectivity index (χ3n) is 1.99. The van der Waals surface area contributed by atoms with E-state index >= 15 is 0 Å². The number of hydrogen-bond donors (Lipinski definition) is 2. The van der Waals surface area contributed by atoms with Crippen LogP contribution in [0.15, 0.2) is 22.7 Å². The highest BCUT2D eigenvalue weighted by atomic mass is 79.9. The summed E-state index contributed by atoms with van der Waals surface area (Å²) in [6, 6.07) is 5.20. The fraction of sp³-hybridized carbons (Fsp3) is 0.300. The lowest BCUT2D eigenvalue weighted by molar-refractivity contribution is -0.124. The van der Waals surface area contributed by atoms with Gasteiger partial charge in [-0.25, -0.2) is 0 Å². The topological polar surface area (TPSA) is 64.3 Å². The lowest BCUT2D eigenvalue weighted by atomic mass is 10.2. The number of rotatable bonds is 3. The summed E-state index contributed by atoms with van der Waals surface area (Å²) in [4.78, 5) is 11.5.